The number of carbonyl (C=O) groups is 1. The molecule has 1 heterocycles. The van der Waals surface area contributed by atoms with Crippen molar-refractivity contribution in [2.75, 3.05) is 6.61 Å². The third-order valence-corrected chi connectivity index (χ3v) is 5.56. The molecular formula is C24H36N2O2S. The second kappa shape index (κ2) is 14.3. The molecule has 0 aliphatic rings. The third kappa shape index (κ3) is 9.07. The fraction of sp³-hybridized carbons (Fsp3) is 0.583. The zero-order chi connectivity index (χ0) is 20.7. The summed E-state index contributed by atoms with van der Waals surface area (Å²) in [5.41, 5.74) is 1.50. The summed E-state index contributed by atoms with van der Waals surface area (Å²) in [6, 6.07) is 7.32. The molecule has 0 spiro atoms. The first-order chi connectivity index (χ1) is 14.2. The smallest absolute Gasteiger partial charge is 0.338 e. The Kier molecular flexibility index (Phi) is 11.6. The molecule has 0 atom stereocenters. The Bertz CT molecular complexity index is 697. The van der Waals surface area contributed by atoms with Gasteiger partial charge in [0.05, 0.1) is 12.2 Å². The summed E-state index contributed by atoms with van der Waals surface area (Å²) in [7, 11) is 0. The molecule has 1 aromatic carbocycles. The monoisotopic (exact) mass is 416 g/mol. The Morgan fingerprint density at radius 2 is 1.45 bits per heavy atom. The molecule has 0 aliphatic carbocycles. The predicted octanol–water partition coefficient (Wildman–Crippen LogP) is 7.02. The zero-order valence-corrected chi connectivity index (χ0v) is 18.7. The maximum atomic E-state index is 12.2. The maximum absolute atomic E-state index is 12.2. The molecule has 1 aromatic heterocycles. The molecule has 2 aromatic rings. The Hall–Kier alpha value is -1.75. The minimum Gasteiger partial charge on any atom is -0.462 e. The van der Waals surface area contributed by atoms with Gasteiger partial charge in [0.15, 0.2) is 5.16 Å². The van der Waals surface area contributed by atoms with E-state index in [1.807, 2.05) is 22.9 Å². The van der Waals surface area contributed by atoms with Crippen LogP contribution in [0.15, 0.2) is 41.8 Å². The second-order valence-corrected chi connectivity index (χ2v) is 8.07. The lowest BCUT2D eigenvalue weighted by molar-refractivity contribution is 0.0497. The van der Waals surface area contributed by atoms with E-state index in [1.165, 1.54) is 64.2 Å². The number of ether oxygens (including phenoxy) is 1. The van der Waals surface area contributed by atoms with Crippen molar-refractivity contribution in [3.63, 3.8) is 0 Å². The summed E-state index contributed by atoms with van der Waals surface area (Å²) in [5, 5.41) is 0.618. The van der Waals surface area contributed by atoms with Gasteiger partial charge in [0.1, 0.15) is 0 Å². The summed E-state index contributed by atoms with van der Waals surface area (Å²) in [5.74, 6) is -0.253. The van der Waals surface area contributed by atoms with E-state index >= 15 is 0 Å². The van der Waals surface area contributed by atoms with E-state index in [4.69, 9.17) is 4.74 Å². The Labute approximate surface area is 181 Å². The first-order valence-corrected chi connectivity index (χ1v) is 11.7. The van der Waals surface area contributed by atoms with Crippen LogP contribution in [0.25, 0.3) is 5.69 Å². The molecule has 0 saturated carbocycles. The molecule has 4 nitrogen and oxygen atoms in total. The van der Waals surface area contributed by atoms with Crippen molar-refractivity contribution in [3.8, 4) is 5.69 Å². The summed E-state index contributed by atoms with van der Waals surface area (Å²) in [6.45, 7) is 2.76. The number of nitrogens with zero attached hydrogens (tertiary/aromatic N) is 2. The summed E-state index contributed by atoms with van der Waals surface area (Å²) in [6.07, 6.45) is 19.1. The van der Waals surface area contributed by atoms with Crippen LogP contribution in [0.4, 0.5) is 0 Å². The lowest BCUT2D eigenvalue weighted by Gasteiger charge is -2.07. The fourth-order valence-electron chi connectivity index (χ4n) is 3.45. The van der Waals surface area contributed by atoms with Gasteiger partial charge in [0.25, 0.3) is 0 Å². The molecule has 0 saturated heterocycles. The molecule has 0 radical (unpaired) electrons. The SMILES string of the molecule is CCCCCCCCCCCCCCOC(=O)c1ccc(-n2ccnc2S)cc1. The van der Waals surface area contributed by atoms with Crippen molar-refractivity contribution in [1.82, 2.24) is 9.55 Å². The summed E-state index contributed by atoms with van der Waals surface area (Å²) < 4.78 is 7.25. The number of benzene rings is 1. The molecule has 0 amide bonds. The first-order valence-electron chi connectivity index (χ1n) is 11.2. The number of rotatable bonds is 15. The van der Waals surface area contributed by atoms with E-state index in [-0.39, 0.29) is 5.97 Å². The van der Waals surface area contributed by atoms with Gasteiger partial charge in [0, 0.05) is 18.1 Å². The van der Waals surface area contributed by atoms with Crippen molar-refractivity contribution in [2.24, 2.45) is 0 Å². The molecule has 0 N–H and O–H groups in total. The van der Waals surface area contributed by atoms with Crippen LogP contribution >= 0.6 is 12.6 Å². The highest BCUT2D eigenvalue weighted by atomic mass is 32.1. The average molecular weight is 417 g/mol. The molecule has 0 bridgehead atoms. The van der Waals surface area contributed by atoms with Gasteiger partial charge < -0.3 is 4.74 Å². The second-order valence-electron chi connectivity index (χ2n) is 7.67. The number of unbranched alkanes of at least 4 members (excludes halogenated alkanes) is 11. The number of aromatic nitrogens is 2. The van der Waals surface area contributed by atoms with E-state index in [0.29, 0.717) is 17.3 Å². The maximum Gasteiger partial charge on any atom is 0.338 e. The zero-order valence-electron chi connectivity index (χ0n) is 17.8. The van der Waals surface area contributed by atoms with E-state index in [1.54, 1.807) is 18.3 Å². The van der Waals surface area contributed by atoms with Gasteiger partial charge in [-0.2, -0.15) is 0 Å². The normalized spacial score (nSPS) is 11.0. The molecule has 0 fully saturated rings. The van der Waals surface area contributed by atoms with Crippen LogP contribution in [0.1, 0.15) is 94.3 Å². The lowest BCUT2D eigenvalue weighted by atomic mass is 10.1. The lowest BCUT2D eigenvalue weighted by Crippen LogP contribution is -2.06. The molecule has 0 unspecified atom stereocenters. The largest absolute Gasteiger partial charge is 0.462 e. The number of hydrogen-bond acceptors (Lipinski definition) is 4. The third-order valence-electron chi connectivity index (χ3n) is 5.23. The van der Waals surface area contributed by atoms with Crippen LogP contribution in [0.5, 0.6) is 0 Å². The van der Waals surface area contributed by atoms with Crippen LogP contribution < -0.4 is 0 Å². The Morgan fingerprint density at radius 1 is 0.897 bits per heavy atom. The van der Waals surface area contributed by atoms with Crippen molar-refractivity contribution >= 4 is 18.6 Å². The average Bonchev–Trinajstić information content (AvgIpc) is 3.17. The summed E-state index contributed by atoms with van der Waals surface area (Å²) >= 11 is 4.30. The van der Waals surface area contributed by atoms with Crippen molar-refractivity contribution in [2.45, 2.75) is 89.1 Å². The van der Waals surface area contributed by atoms with Crippen LogP contribution in [0, 0.1) is 0 Å². The molecule has 0 aliphatic heterocycles. The highest BCUT2D eigenvalue weighted by Gasteiger charge is 2.08. The predicted molar refractivity (Wildman–Crippen MR) is 122 cm³/mol. The van der Waals surface area contributed by atoms with E-state index in [2.05, 4.69) is 24.5 Å². The van der Waals surface area contributed by atoms with Crippen LogP contribution in [-0.2, 0) is 4.74 Å². The van der Waals surface area contributed by atoms with Gasteiger partial charge in [-0.25, -0.2) is 9.78 Å². The highest BCUT2D eigenvalue weighted by molar-refractivity contribution is 7.80. The fourth-order valence-corrected chi connectivity index (χ4v) is 3.70. The van der Waals surface area contributed by atoms with Crippen molar-refractivity contribution in [1.29, 1.82) is 0 Å². The van der Waals surface area contributed by atoms with Crippen molar-refractivity contribution < 1.29 is 9.53 Å². The van der Waals surface area contributed by atoms with Gasteiger partial charge in [0.2, 0.25) is 0 Å². The Morgan fingerprint density at radius 3 is 1.97 bits per heavy atom. The number of imidazole rings is 1. The number of esters is 1. The van der Waals surface area contributed by atoms with Gasteiger partial charge in [-0.05, 0) is 30.7 Å². The molecule has 29 heavy (non-hydrogen) atoms. The van der Waals surface area contributed by atoms with Gasteiger partial charge in [-0.1, -0.05) is 77.6 Å². The van der Waals surface area contributed by atoms with Gasteiger partial charge >= 0.3 is 5.97 Å². The van der Waals surface area contributed by atoms with E-state index in [9.17, 15) is 4.79 Å². The molecule has 160 valence electrons. The van der Waals surface area contributed by atoms with Crippen LogP contribution in [-0.4, -0.2) is 22.1 Å². The molecule has 5 heteroatoms. The Balaban J connectivity index is 1.49. The van der Waals surface area contributed by atoms with Crippen LogP contribution in [0.3, 0.4) is 0 Å². The number of hydrogen-bond donors (Lipinski definition) is 1. The first kappa shape index (κ1) is 23.5. The van der Waals surface area contributed by atoms with E-state index < -0.39 is 0 Å². The number of thiol groups is 1. The van der Waals surface area contributed by atoms with Crippen LogP contribution in [0.2, 0.25) is 0 Å². The topological polar surface area (TPSA) is 44.1 Å². The van der Waals surface area contributed by atoms with Gasteiger partial charge in [-0.15, -0.1) is 12.6 Å². The van der Waals surface area contributed by atoms with E-state index in [0.717, 1.165) is 18.5 Å². The highest BCUT2D eigenvalue weighted by Crippen LogP contribution is 2.15. The standard InChI is InChI=1S/C24H36N2O2S/c1-2-3-4-5-6-7-8-9-10-11-12-13-20-28-23(27)21-14-16-22(17-15-21)26-19-18-25-24(26)29/h14-19H,2-13,20H2,1H3,(H,25,29). The minimum atomic E-state index is -0.253. The molecular weight excluding hydrogens is 380 g/mol. The number of carbonyl (C=O) groups excluding carboxylic acids is 1. The van der Waals surface area contributed by atoms with Gasteiger partial charge in [-0.3, -0.25) is 4.57 Å². The van der Waals surface area contributed by atoms with Crippen molar-refractivity contribution in [3.05, 3.63) is 42.2 Å². The minimum absolute atomic E-state index is 0.253. The summed E-state index contributed by atoms with van der Waals surface area (Å²) in [4.78, 5) is 16.2. The quantitative estimate of drug-likeness (QED) is 0.193. The molecule has 2 rings (SSSR count).